The van der Waals surface area contributed by atoms with Gasteiger partial charge in [0, 0.05) is 6.42 Å². The fourth-order valence-corrected chi connectivity index (χ4v) is 1.89. The van der Waals surface area contributed by atoms with Crippen LogP contribution in [0.2, 0.25) is 0 Å². The first kappa shape index (κ1) is 11.8. The molecule has 0 spiro atoms. The van der Waals surface area contributed by atoms with Crippen LogP contribution in [0.25, 0.3) is 0 Å². The second kappa shape index (κ2) is 4.09. The number of hydrogen-bond donors (Lipinski definition) is 1. The van der Waals surface area contributed by atoms with E-state index >= 15 is 0 Å². The van der Waals surface area contributed by atoms with E-state index in [0.717, 1.165) is 12.8 Å². The average molecular weight is 210 g/mol. The molecule has 0 aromatic carbocycles. The van der Waals surface area contributed by atoms with Crippen molar-refractivity contribution in [2.45, 2.75) is 57.2 Å². The molecule has 0 heterocycles. The monoisotopic (exact) mass is 210 g/mol. The predicted octanol–water partition coefficient (Wildman–Crippen LogP) is 3.27. The molecule has 14 heavy (non-hydrogen) atoms. The number of halogens is 3. The normalized spacial score (nSPS) is 22.1. The molecule has 0 saturated heterocycles. The van der Waals surface area contributed by atoms with E-state index in [-0.39, 0.29) is 18.8 Å². The molecular weight excluding hydrogens is 193 g/mol. The number of alkyl halides is 3. The molecule has 1 aliphatic carbocycles. The molecule has 0 aliphatic heterocycles. The Balaban J connectivity index is 2.27. The summed E-state index contributed by atoms with van der Waals surface area (Å²) in [4.78, 5) is 0. The van der Waals surface area contributed by atoms with Gasteiger partial charge in [-0.1, -0.05) is 6.92 Å². The molecule has 1 fully saturated rings. The van der Waals surface area contributed by atoms with Crippen molar-refractivity contribution in [3.8, 4) is 0 Å². The highest BCUT2D eigenvalue weighted by molar-refractivity contribution is 4.93. The molecule has 1 nitrogen and oxygen atoms in total. The lowest BCUT2D eigenvalue weighted by molar-refractivity contribution is -0.138. The van der Waals surface area contributed by atoms with Gasteiger partial charge in [0.2, 0.25) is 0 Å². The molecule has 0 aromatic heterocycles. The molecule has 1 unspecified atom stereocenters. The Bertz CT molecular complexity index is 186. The Morgan fingerprint density at radius 3 is 2.14 bits per heavy atom. The number of aliphatic hydroxyl groups is 1. The van der Waals surface area contributed by atoms with E-state index in [0.29, 0.717) is 6.42 Å². The van der Waals surface area contributed by atoms with Crippen molar-refractivity contribution < 1.29 is 18.3 Å². The fraction of sp³-hybridized carbons (Fsp3) is 1.00. The molecule has 1 N–H and O–H groups in total. The third-order valence-corrected chi connectivity index (χ3v) is 3.02. The van der Waals surface area contributed by atoms with E-state index in [1.807, 2.05) is 6.92 Å². The standard InChI is InChI=1S/C10H17F3O/c1-2-9(14,8-4-5-8)6-3-7-10(11,12)13/h8,14H,2-7H2,1H3. The van der Waals surface area contributed by atoms with Gasteiger partial charge in [-0.3, -0.25) is 0 Å². The van der Waals surface area contributed by atoms with Crippen molar-refractivity contribution in [1.29, 1.82) is 0 Å². The lowest BCUT2D eigenvalue weighted by atomic mass is 9.89. The summed E-state index contributed by atoms with van der Waals surface area (Å²) in [7, 11) is 0. The summed E-state index contributed by atoms with van der Waals surface area (Å²) >= 11 is 0. The van der Waals surface area contributed by atoms with Crippen molar-refractivity contribution >= 4 is 0 Å². The van der Waals surface area contributed by atoms with Crippen LogP contribution < -0.4 is 0 Å². The highest BCUT2D eigenvalue weighted by Gasteiger charge is 2.42. The Labute approximate surface area is 82.3 Å². The molecule has 0 amide bonds. The third-order valence-electron chi connectivity index (χ3n) is 3.02. The van der Waals surface area contributed by atoms with Crippen LogP contribution in [0.5, 0.6) is 0 Å². The summed E-state index contributed by atoms with van der Waals surface area (Å²) in [6, 6.07) is 0. The van der Waals surface area contributed by atoms with Crippen molar-refractivity contribution in [3.05, 3.63) is 0 Å². The van der Waals surface area contributed by atoms with Gasteiger partial charge in [-0.2, -0.15) is 13.2 Å². The third kappa shape index (κ3) is 3.48. The quantitative estimate of drug-likeness (QED) is 0.738. The van der Waals surface area contributed by atoms with Crippen LogP contribution in [-0.4, -0.2) is 16.9 Å². The van der Waals surface area contributed by atoms with Gasteiger partial charge >= 0.3 is 6.18 Å². The van der Waals surface area contributed by atoms with Gasteiger partial charge < -0.3 is 5.11 Å². The minimum absolute atomic E-state index is 0.0460. The van der Waals surface area contributed by atoms with Gasteiger partial charge in [-0.25, -0.2) is 0 Å². The van der Waals surface area contributed by atoms with E-state index in [4.69, 9.17) is 0 Å². The van der Waals surface area contributed by atoms with E-state index in [1.54, 1.807) is 0 Å². The molecule has 0 radical (unpaired) electrons. The Morgan fingerprint density at radius 1 is 1.21 bits per heavy atom. The van der Waals surface area contributed by atoms with Gasteiger partial charge in [-0.05, 0) is 38.0 Å². The van der Waals surface area contributed by atoms with E-state index in [9.17, 15) is 18.3 Å². The first-order chi connectivity index (χ1) is 6.37. The first-order valence-corrected chi connectivity index (χ1v) is 5.16. The lowest BCUT2D eigenvalue weighted by Crippen LogP contribution is -2.30. The van der Waals surface area contributed by atoms with Crippen molar-refractivity contribution in [2.75, 3.05) is 0 Å². The topological polar surface area (TPSA) is 20.2 Å². The van der Waals surface area contributed by atoms with Gasteiger partial charge in [-0.15, -0.1) is 0 Å². The largest absolute Gasteiger partial charge is 0.390 e. The molecule has 1 rings (SSSR count). The van der Waals surface area contributed by atoms with Crippen LogP contribution in [0.1, 0.15) is 45.4 Å². The smallest absolute Gasteiger partial charge is 0.389 e. The molecule has 0 bridgehead atoms. The molecule has 0 aromatic rings. The summed E-state index contributed by atoms with van der Waals surface area (Å²) in [5, 5.41) is 9.99. The fourth-order valence-electron chi connectivity index (χ4n) is 1.89. The van der Waals surface area contributed by atoms with Crippen LogP contribution in [0.3, 0.4) is 0 Å². The summed E-state index contributed by atoms with van der Waals surface area (Å²) in [6.07, 6.45) is -2.03. The first-order valence-electron chi connectivity index (χ1n) is 5.16. The minimum Gasteiger partial charge on any atom is -0.390 e. The number of hydrogen-bond acceptors (Lipinski definition) is 1. The summed E-state index contributed by atoms with van der Waals surface area (Å²) < 4.78 is 35.6. The Morgan fingerprint density at radius 2 is 1.79 bits per heavy atom. The highest BCUT2D eigenvalue weighted by atomic mass is 19.4. The maximum atomic E-state index is 11.9. The van der Waals surface area contributed by atoms with E-state index in [1.165, 1.54) is 0 Å². The zero-order valence-electron chi connectivity index (χ0n) is 8.40. The highest BCUT2D eigenvalue weighted by Crippen LogP contribution is 2.44. The molecular formula is C10H17F3O. The van der Waals surface area contributed by atoms with Crippen molar-refractivity contribution in [3.63, 3.8) is 0 Å². The second-order valence-corrected chi connectivity index (χ2v) is 4.20. The number of rotatable bonds is 5. The molecule has 1 atom stereocenters. The maximum absolute atomic E-state index is 11.9. The van der Waals surface area contributed by atoms with Crippen LogP contribution in [0, 0.1) is 5.92 Å². The average Bonchev–Trinajstić information content (AvgIpc) is 2.83. The van der Waals surface area contributed by atoms with Gasteiger partial charge in [0.1, 0.15) is 0 Å². The van der Waals surface area contributed by atoms with E-state index in [2.05, 4.69) is 0 Å². The Kier molecular flexibility index (Phi) is 3.45. The Hall–Kier alpha value is -0.250. The van der Waals surface area contributed by atoms with Crippen LogP contribution in [0.15, 0.2) is 0 Å². The molecule has 84 valence electrons. The van der Waals surface area contributed by atoms with Crippen LogP contribution in [-0.2, 0) is 0 Å². The zero-order chi connectivity index (χ0) is 10.8. The predicted molar refractivity (Wildman–Crippen MR) is 47.9 cm³/mol. The lowest BCUT2D eigenvalue weighted by Gasteiger charge is -2.26. The SMILES string of the molecule is CCC(O)(CCCC(F)(F)F)C1CC1. The van der Waals surface area contributed by atoms with Crippen LogP contribution >= 0.6 is 0 Å². The van der Waals surface area contributed by atoms with Gasteiger partial charge in [0.05, 0.1) is 5.60 Å². The van der Waals surface area contributed by atoms with Gasteiger partial charge in [0.15, 0.2) is 0 Å². The molecule has 1 saturated carbocycles. The molecule has 4 heteroatoms. The summed E-state index contributed by atoms with van der Waals surface area (Å²) in [6.45, 7) is 1.84. The summed E-state index contributed by atoms with van der Waals surface area (Å²) in [5.41, 5.74) is -0.828. The molecule has 1 aliphatic rings. The van der Waals surface area contributed by atoms with Crippen molar-refractivity contribution in [1.82, 2.24) is 0 Å². The van der Waals surface area contributed by atoms with E-state index < -0.39 is 18.2 Å². The maximum Gasteiger partial charge on any atom is 0.389 e. The van der Waals surface area contributed by atoms with Crippen molar-refractivity contribution in [2.24, 2.45) is 5.92 Å². The zero-order valence-corrected chi connectivity index (χ0v) is 8.40. The second-order valence-electron chi connectivity index (χ2n) is 4.20. The van der Waals surface area contributed by atoms with Gasteiger partial charge in [0.25, 0.3) is 0 Å². The summed E-state index contributed by atoms with van der Waals surface area (Å²) in [5.74, 6) is 0.251. The van der Waals surface area contributed by atoms with Crippen LogP contribution in [0.4, 0.5) is 13.2 Å². The minimum atomic E-state index is -4.09.